The number of carbonyl (C=O) groups is 4. The summed E-state index contributed by atoms with van der Waals surface area (Å²) in [7, 11) is -4.29. The van der Waals surface area contributed by atoms with E-state index in [0.29, 0.717) is 26.4 Å². The van der Waals surface area contributed by atoms with Crippen LogP contribution < -0.4 is 0 Å². The molecule has 0 radical (unpaired) electrons. The number of hydrogen-bond donors (Lipinski definition) is 1. The van der Waals surface area contributed by atoms with Gasteiger partial charge in [-0.25, -0.2) is 0 Å². The van der Waals surface area contributed by atoms with Crippen molar-refractivity contribution in [3.05, 3.63) is 0 Å². The van der Waals surface area contributed by atoms with Crippen molar-refractivity contribution in [1.29, 1.82) is 0 Å². The van der Waals surface area contributed by atoms with Crippen molar-refractivity contribution in [1.82, 2.24) is 0 Å². The first-order chi connectivity index (χ1) is 19.0. The Morgan fingerprint density at radius 3 is 2.29 bits per heavy atom. The quantitative estimate of drug-likeness (QED) is 0.191. The Morgan fingerprint density at radius 2 is 1.71 bits per heavy atom. The molecule has 7 atom stereocenters. The van der Waals surface area contributed by atoms with E-state index in [1.54, 1.807) is 7.11 Å². The van der Waals surface area contributed by atoms with Crippen molar-refractivity contribution >= 4 is 34.0 Å². The number of methoxy groups -OCH3 is 1. The van der Waals surface area contributed by atoms with Gasteiger partial charge in [-0.15, -0.1) is 0 Å². The second kappa shape index (κ2) is 11.0. The van der Waals surface area contributed by atoms with Gasteiger partial charge in [-0.2, -0.15) is 17.2 Å². The molecule has 0 spiro atoms. The zero-order valence-corrected chi connectivity index (χ0v) is 23.8. The molecule has 4 rings (SSSR count). The van der Waals surface area contributed by atoms with E-state index in [4.69, 9.17) is 28.2 Å². The first-order valence-electron chi connectivity index (χ1n) is 13.3. The molecule has 1 N–H and O–H groups in total. The smallest absolute Gasteiger partial charge is 0.405 e. The fourth-order valence-corrected chi connectivity index (χ4v) is 6.77. The topological polar surface area (TPSA) is 178 Å². The largest absolute Gasteiger partial charge is 0.458 e. The average Bonchev–Trinajstić information content (AvgIpc) is 3.61. The lowest BCUT2D eigenvalue weighted by Gasteiger charge is -2.44. The molecule has 13 nitrogen and oxygen atoms in total. The molecular weight excluding hydrogens is 578 g/mol. The Labute approximate surface area is 235 Å². The van der Waals surface area contributed by atoms with Crippen LogP contribution in [0.25, 0.3) is 0 Å². The van der Waals surface area contributed by atoms with Gasteiger partial charge in [0.2, 0.25) is 0 Å². The normalized spacial score (nSPS) is 31.0. The molecule has 3 saturated heterocycles. The zero-order chi connectivity index (χ0) is 30.5. The number of ether oxygens (including phenoxy) is 6. The van der Waals surface area contributed by atoms with Crippen LogP contribution in [0.5, 0.6) is 0 Å². The van der Waals surface area contributed by atoms with E-state index < -0.39 is 105 Å². The van der Waals surface area contributed by atoms with E-state index in [1.165, 1.54) is 0 Å². The molecule has 0 aromatic rings. The van der Waals surface area contributed by atoms with Gasteiger partial charge in [-0.05, 0) is 32.6 Å². The molecule has 1 aliphatic carbocycles. The number of esters is 4. The summed E-state index contributed by atoms with van der Waals surface area (Å²) >= 11 is 0. The molecule has 1 saturated carbocycles. The first-order valence-corrected chi connectivity index (χ1v) is 14.7. The summed E-state index contributed by atoms with van der Waals surface area (Å²) in [6, 6.07) is 0. The van der Waals surface area contributed by atoms with Crippen LogP contribution in [0.2, 0.25) is 0 Å². The summed E-state index contributed by atoms with van der Waals surface area (Å²) in [5, 5.41) is -4.76. The molecular formula is C25H34F2O13S. The number of rotatable bonds is 12. The maximum Gasteiger partial charge on any atom is 0.405 e. The van der Waals surface area contributed by atoms with E-state index in [9.17, 15) is 36.4 Å². The van der Waals surface area contributed by atoms with Crippen molar-refractivity contribution in [2.75, 3.05) is 13.7 Å². The summed E-state index contributed by atoms with van der Waals surface area (Å²) in [6.07, 6.45) is -5.10. The molecule has 4 aliphatic rings. The highest BCUT2D eigenvalue weighted by Gasteiger charge is 2.72. The minimum absolute atomic E-state index is 0.329. The summed E-state index contributed by atoms with van der Waals surface area (Å²) in [5.74, 6) is -5.75. The van der Waals surface area contributed by atoms with Crippen LogP contribution in [0.4, 0.5) is 8.78 Å². The number of carbonyl (C=O) groups excluding carboxylic acids is 4. The van der Waals surface area contributed by atoms with Crippen LogP contribution in [0.1, 0.15) is 59.3 Å². The Bertz CT molecular complexity index is 1180. The van der Waals surface area contributed by atoms with Gasteiger partial charge < -0.3 is 28.4 Å². The zero-order valence-electron chi connectivity index (χ0n) is 23.0. The molecule has 7 unspecified atom stereocenters. The molecule has 0 aromatic carbocycles. The van der Waals surface area contributed by atoms with Crippen molar-refractivity contribution in [2.45, 2.75) is 101 Å². The van der Waals surface area contributed by atoms with Gasteiger partial charge in [0, 0.05) is 12.5 Å². The average molecular weight is 613 g/mol. The molecule has 0 amide bonds. The molecule has 3 aliphatic heterocycles. The Kier molecular flexibility index (Phi) is 8.46. The van der Waals surface area contributed by atoms with Crippen molar-refractivity contribution in [3.63, 3.8) is 0 Å². The molecule has 3 heterocycles. The second-order valence-corrected chi connectivity index (χ2v) is 13.1. The van der Waals surface area contributed by atoms with E-state index in [0.717, 1.165) is 12.8 Å². The monoisotopic (exact) mass is 612 g/mol. The predicted octanol–water partition coefficient (Wildman–Crippen LogP) is 1.56. The molecule has 2 bridgehead atoms. The molecule has 4 fully saturated rings. The Morgan fingerprint density at radius 1 is 1.10 bits per heavy atom. The molecule has 232 valence electrons. The fourth-order valence-electron chi connectivity index (χ4n) is 6.30. The third kappa shape index (κ3) is 5.55. The predicted molar refractivity (Wildman–Crippen MR) is 130 cm³/mol. The van der Waals surface area contributed by atoms with Gasteiger partial charge in [0.1, 0.15) is 29.6 Å². The lowest BCUT2D eigenvalue weighted by Crippen LogP contribution is -2.53. The second-order valence-electron chi connectivity index (χ2n) is 11.6. The standard InChI is InChI=1S/C25H34F2O13S/c1-12(25(26,27)41(32,33)34)36-13(28)7-8-14(29)37-19-18-16(15-17(38-18)20(19)39-21(15)30)22(31)40-24(9-5-6-10-24)23(2,3)11-35-4/h12,15-20H,5-11H2,1-4H3,(H,32,33,34). The van der Waals surface area contributed by atoms with E-state index in [-0.39, 0.29) is 0 Å². The summed E-state index contributed by atoms with van der Waals surface area (Å²) < 4.78 is 89.9. The van der Waals surface area contributed by atoms with E-state index >= 15 is 0 Å². The summed E-state index contributed by atoms with van der Waals surface area (Å²) in [6.45, 7) is 4.77. The van der Waals surface area contributed by atoms with Crippen molar-refractivity contribution < 1.29 is 69.4 Å². The molecule has 16 heteroatoms. The highest BCUT2D eigenvalue weighted by Crippen LogP contribution is 2.53. The van der Waals surface area contributed by atoms with Gasteiger partial charge in [-0.1, -0.05) is 13.8 Å². The Balaban J connectivity index is 1.40. The SMILES string of the molecule is COCC(C)(C)C1(OC(=O)C2C3OC4C(OC(=O)C42)C3OC(=O)CCC(=O)OC(C)C(F)(F)S(=O)(=O)O)CCCC1. The minimum Gasteiger partial charge on any atom is -0.458 e. The molecule has 41 heavy (non-hydrogen) atoms. The summed E-state index contributed by atoms with van der Waals surface area (Å²) in [5.41, 5.74) is -1.37. The Hall–Kier alpha value is -2.43. The maximum absolute atomic E-state index is 13.6. The van der Waals surface area contributed by atoms with Crippen LogP contribution in [0.3, 0.4) is 0 Å². The van der Waals surface area contributed by atoms with Crippen LogP contribution >= 0.6 is 0 Å². The van der Waals surface area contributed by atoms with E-state index in [1.807, 2.05) is 13.8 Å². The van der Waals surface area contributed by atoms with Crippen molar-refractivity contribution in [2.24, 2.45) is 17.3 Å². The highest BCUT2D eigenvalue weighted by molar-refractivity contribution is 7.86. The summed E-state index contributed by atoms with van der Waals surface area (Å²) in [4.78, 5) is 50.8. The number of hydrogen-bond acceptors (Lipinski definition) is 12. The van der Waals surface area contributed by atoms with Gasteiger partial charge in [0.25, 0.3) is 0 Å². The van der Waals surface area contributed by atoms with Crippen LogP contribution in [-0.4, -0.2) is 91.9 Å². The van der Waals surface area contributed by atoms with Crippen molar-refractivity contribution in [3.8, 4) is 0 Å². The third-order valence-electron chi connectivity index (χ3n) is 8.55. The van der Waals surface area contributed by atoms with Gasteiger partial charge in [-0.3, -0.25) is 23.7 Å². The lowest BCUT2D eigenvalue weighted by molar-refractivity contribution is -0.189. The number of alkyl halides is 2. The van der Waals surface area contributed by atoms with Crippen LogP contribution in [0, 0.1) is 17.3 Å². The highest BCUT2D eigenvalue weighted by atomic mass is 32.2. The minimum atomic E-state index is -5.85. The fraction of sp³-hybridized carbons (Fsp3) is 0.840. The first kappa shape index (κ1) is 31.5. The lowest BCUT2D eigenvalue weighted by atomic mass is 9.73. The molecule has 0 aromatic heterocycles. The van der Waals surface area contributed by atoms with Crippen LogP contribution in [0.15, 0.2) is 0 Å². The number of fused-ring (bicyclic) bond motifs is 1. The van der Waals surface area contributed by atoms with Gasteiger partial charge in [0.15, 0.2) is 18.3 Å². The van der Waals surface area contributed by atoms with Gasteiger partial charge >= 0.3 is 39.2 Å². The van der Waals surface area contributed by atoms with E-state index in [2.05, 4.69) is 4.74 Å². The third-order valence-corrected chi connectivity index (χ3v) is 9.57. The van der Waals surface area contributed by atoms with Gasteiger partial charge in [0.05, 0.1) is 19.4 Å². The maximum atomic E-state index is 13.6. The van der Waals surface area contributed by atoms with Crippen LogP contribution in [-0.2, 0) is 57.7 Å². The number of halogens is 2.